The highest BCUT2D eigenvalue weighted by Crippen LogP contribution is 2.29. The van der Waals surface area contributed by atoms with Crippen LogP contribution in [-0.4, -0.2) is 72.3 Å². The lowest BCUT2D eigenvalue weighted by molar-refractivity contribution is -0.145. The summed E-state index contributed by atoms with van der Waals surface area (Å²) in [6.07, 6.45) is -0.203. The molecule has 0 saturated heterocycles. The number of aliphatic hydroxyl groups is 1. The Morgan fingerprint density at radius 3 is 2.17 bits per heavy atom. The molecule has 0 aliphatic heterocycles. The molecule has 0 bridgehead atoms. The molecule has 10 nitrogen and oxygen atoms in total. The summed E-state index contributed by atoms with van der Waals surface area (Å²) in [7, 11) is 1.21. The van der Waals surface area contributed by atoms with E-state index in [1.807, 2.05) is 45.9 Å². The first-order valence-electron chi connectivity index (χ1n) is 12.1. The number of carbonyl (C=O) groups is 4. The second-order valence-corrected chi connectivity index (χ2v) is 9.77. The van der Waals surface area contributed by atoms with Gasteiger partial charge >= 0.3 is 12.1 Å². The fraction of sp³-hybridized carbons (Fsp3) is 0.615. The van der Waals surface area contributed by atoms with E-state index in [1.165, 1.54) is 12.0 Å². The Kier molecular flexibility index (Phi) is 11.9. The maximum Gasteiger partial charge on any atom is 0.408 e. The number of aliphatic hydroxyl groups excluding tert-OH is 1. The number of aryl methyl sites for hydroxylation is 2. The Morgan fingerprint density at radius 1 is 1.11 bits per heavy atom. The van der Waals surface area contributed by atoms with E-state index in [2.05, 4.69) is 15.4 Å². The van der Waals surface area contributed by atoms with Gasteiger partial charge in [-0.2, -0.15) is 0 Å². The van der Waals surface area contributed by atoms with E-state index in [9.17, 15) is 24.3 Å². The standard InChI is InChI=1S/C26H41N3O7/c1-9-16(2)21(28-25(34)36-26(5,6)7)24(33)29(13-14-30)22(23(32)27-15-19(31)35-8)20-17(3)11-10-12-18(20)4/h10-12,16,21-22,30H,9,13-15H2,1-8H3,(H,27,32)(H,28,34). The van der Waals surface area contributed by atoms with Gasteiger partial charge in [-0.05, 0) is 57.2 Å². The summed E-state index contributed by atoms with van der Waals surface area (Å²) in [6.45, 7) is 11.5. The number of amides is 3. The average molecular weight is 508 g/mol. The highest BCUT2D eigenvalue weighted by Gasteiger charge is 2.39. The Labute approximate surface area is 213 Å². The van der Waals surface area contributed by atoms with Crippen molar-refractivity contribution in [2.75, 3.05) is 26.8 Å². The number of hydrogen-bond donors (Lipinski definition) is 3. The molecule has 0 radical (unpaired) electrons. The van der Waals surface area contributed by atoms with Gasteiger partial charge in [0, 0.05) is 6.54 Å². The molecule has 3 N–H and O–H groups in total. The summed E-state index contributed by atoms with van der Waals surface area (Å²) in [4.78, 5) is 52.9. The van der Waals surface area contributed by atoms with Gasteiger partial charge in [-0.3, -0.25) is 14.4 Å². The molecule has 0 saturated carbocycles. The molecule has 0 heterocycles. The van der Waals surface area contributed by atoms with E-state index in [4.69, 9.17) is 4.74 Å². The van der Waals surface area contributed by atoms with E-state index in [0.29, 0.717) is 12.0 Å². The van der Waals surface area contributed by atoms with Crippen molar-refractivity contribution in [1.29, 1.82) is 0 Å². The van der Waals surface area contributed by atoms with Gasteiger partial charge in [-0.25, -0.2) is 4.79 Å². The van der Waals surface area contributed by atoms with Gasteiger partial charge < -0.3 is 30.1 Å². The number of methoxy groups -OCH3 is 1. The van der Waals surface area contributed by atoms with Crippen molar-refractivity contribution < 1.29 is 33.8 Å². The molecule has 0 spiro atoms. The summed E-state index contributed by atoms with van der Waals surface area (Å²) >= 11 is 0. The summed E-state index contributed by atoms with van der Waals surface area (Å²) in [5.41, 5.74) is 1.31. The van der Waals surface area contributed by atoms with E-state index in [0.717, 1.165) is 11.1 Å². The quantitative estimate of drug-likeness (QED) is 0.392. The first kappa shape index (κ1) is 30.9. The predicted molar refractivity (Wildman–Crippen MR) is 135 cm³/mol. The van der Waals surface area contributed by atoms with Crippen LogP contribution in [0.1, 0.15) is 63.8 Å². The SMILES string of the molecule is CCC(C)C(NC(=O)OC(C)(C)C)C(=O)N(CCO)C(C(=O)NCC(=O)OC)c1c(C)cccc1C. The summed E-state index contributed by atoms with van der Waals surface area (Å²) in [5.74, 6) is -2.11. The summed E-state index contributed by atoms with van der Waals surface area (Å²) in [6, 6.07) is 3.28. The molecular formula is C26H41N3O7. The minimum absolute atomic E-state index is 0.175. The molecule has 3 atom stereocenters. The number of benzene rings is 1. The van der Waals surface area contributed by atoms with Crippen molar-refractivity contribution >= 4 is 23.9 Å². The second kappa shape index (κ2) is 13.8. The van der Waals surface area contributed by atoms with Crippen LogP contribution in [0.4, 0.5) is 4.79 Å². The molecular weight excluding hydrogens is 466 g/mol. The third-order valence-corrected chi connectivity index (χ3v) is 5.79. The number of nitrogens with zero attached hydrogens (tertiary/aromatic N) is 1. The molecule has 36 heavy (non-hydrogen) atoms. The zero-order chi connectivity index (χ0) is 27.6. The van der Waals surface area contributed by atoms with E-state index < -0.39 is 48.2 Å². The first-order chi connectivity index (χ1) is 16.8. The number of nitrogens with one attached hydrogen (secondary N) is 2. The number of esters is 1. The smallest absolute Gasteiger partial charge is 0.408 e. The maximum absolute atomic E-state index is 13.9. The number of hydrogen-bond acceptors (Lipinski definition) is 7. The normalized spacial score (nSPS) is 13.7. The lowest BCUT2D eigenvalue weighted by atomic mass is 9.92. The monoisotopic (exact) mass is 507 g/mol. The minimum atomic E-state index is -1.16. The van der Waals surface area contributed by atoms with Crippen LogP contribution in [0.25, 0.3) is 0 Å². The van der Waals surface area contributed by atoms with Crippen LogP contribution in [-0.2, 0) is 23.9 Å². The van der Waals surface area contributed by atoms with Crippen LogP contribution >= 0.6 is 0 Å². The van der Waals surface area contributed by atoms with Crippen molar-refractivity contribution in [3.8, 4) is 0 Å². The largest absolute Gasteiger partial charge is 0.468 e. The van der Waals surface area contributed by atoms with Gasteiger partial charge in [0.05, 0.1) is 13.7 Å². The van der Waals surface area contributed by atoms with Crippen LogP contribution in [0.15, 0.2) is 18.2 Å². The Balaban J connectivity index is 3.55. The topological polar surface area (TPSA) is 134 Å². The number of ether oxygens (including phenoxy) is 2. The predicted octanol–water partition coefficient (Wildman–Crippen LogP) is 2.39. The molecule has 1 aromatic carbocycles. The second-order valence-electron chi connectivity index (χ2n) is 9.77. The maximum atomic E-state index is 13.9. The molecule has 3 amide bonds. The lowest BCUT2D eigenvalue weighted by Crippen LogP contribution is -2.56. The van der Waals surface area contributed by atoms with Gasteiger partial charge in [0.2, 0.25) is 11.8 Å². The van der Waals surface area contributed by atoms with Gasteiger partial charge in [0.25, 0.3) is 0 Å². The number of alkyl carbamates (subject to hydrolysis) is 1. The van der Waals surface area contributed by atoms with Crippen LogP contribution in [0.5, 0.6) is 0 Å². The zero-order valence-electron chi connectivity index (χ0n) is 22.6. The number of carbonyl (C=O) groups excluding carboxylic acids is 4. The molecule has 0 fully saturated rings. The van der Waals surface area contributed by atoms with Crippen LogP contribution < -0.4 is 10.6 Å². The fourth-order valence-electron chi connectivity index (χ4n) is 3.79. The highest BCUT2D eigenvalue weighted by atomic mass is 16.6. The van der Waals surface area contributed by atoms with Crippen LogP contribution in [0.2, 0.25) is 0 Å². The van der Waals surface area contributed by atoms with Gasteiger partial charge in [0.1, 0.15) is 24.2 Å². The summed E-state index contributed by atoms with van der Waals surface area (Å²) < 4.78 is 9.98. The minimum Gasteiger partial charge on any atom is -0.468 e. The van der Waals surface area contributed by atoms with E-state index in [1.54, 1.807) is 20.8 Å². The molecule has 0 aliphatic carbocycles. The fourth-order valence-corrected chi connectivity index (χ4v) is 3.79. The third kappa shape index (κ3) is 8.82. The van der Waals surface area contributed by atoms with Crippen molar-refractivity contribution in [1.82, 2.24) is 15.5 Å². The Hall–Kier alpha value is -3.14. The molecule has 202 valence electrons. The molecule has 1 aromatic rings. The molecule has 1 rings (SSSR count). The van der Waals surface area contributed by atoms with Crippen LogP contribution in [0.3, 0.4) is 0 Å². The van der Waals surface area contributed by atoms with Gasteiger partial charge in [0.15, 0.2) is 0 Å². The molecule has 0 aliphatic rings. The average Bonchev–Trinajstić information content (AvgIpc) is 2.80. The van der Waals surface area contributed by atoms with Crippen LogP contribution in [0, 0.1) is 19.8 Å². The Bertz CT molecular complexity index is 906. The highest BCUT2D eigenvalue weighted by molar-refractivity contribution is 5.93. The van der Waals surface area contributed by atoms with Crippen molar-refractivity contribution in [2.24, 2.45) is 5.92 Å². The Morgan fingerprint density at radius 2 is 1.69 bits per heavy atom. The van der Waals surface area contributed by atoms with Crippen molar-refractivity contribution in [3.05, 3.63) is 34.9 Å². The molecule has 0 aromatic heterocycles. The molecule has 10 heteroatoms. The lowest BCUT2D eigenvalue weighted by Gasteiger charge is -2.36. The van der Waals surface area contributed by atoms with Crippen molar-refractivity contribution in [3.63, 3.8) is 0 Å². The third-order valence-electron chi connectivity index (χ3n) is 5.79. The first-order valence-corrected chi connectivity index (χ1v) is 12.1. The zero-order valence-corrected chi connectivity index (χ0v) is 22.6. The van der Waals surface area contributed by atoms with Crippen molar-refractivity contribution in [2.45, 2.75) is 72.6 Å². The van der Waals surface area contributed by atoms with Gasteiger partial charge in [-0.15, -0.1) is 0 Å². The van der Waals surface area contributed by atoms with E-state index >= 15 is 0 Å². The summed E-state index contributed by atoms with van der Waals surface area (Å²) in [5, 5.41) is 15.0. The molecule has 3 unspecified atom stereocenters. The van der Waals surface area contributed by atoms with Gasteiger partial charge in [-0.1, -0.05) is 38.5 Å². The number of rotatable bonds is 11. The van der Waals surface area contributed by atoms with E-state index in [-0.39, 0.29) is 19.0 Å².